The van der Waals surface area contributed by atoms with E-state index in [1.807, 2.05) is 24.8 Å². The van der Waals surface area contributed by atoms with Crippen molar-refractivity contribution in [2.24, 2.45) is 0 Å². The number of piperazine rings is 1. The van der Waals surface area contributed by atoms with Crippen LogP contribution in [0.3, 0.4) is 0 Å². The Bertz CT molecular complexity index is 742. The van der Waals surface area contributed by atoms with Crippen LogP contribution in [0.4, 0.5) is 11.4 Å². The van der Waals surface area contributed by atoms with E-state index in [1.165, 1.54) is 17.0 Å². The van der Waals surface area contributed by atoms with Gasteiger partial charge in [0.25, 0.3) is 11.6 Å². The predicted octanol–water partition coefficient (Wildman–Crippen LogP) is 3.24. The molecule has 0 unspecified atom stereocenters. The molecule has 0 N–H and O–H groups in total. The monoisotopic (exact) mass is 345 g/mol. The van der Waals surface area contributed by atoms with Crippen molar-refractivity contribution in [2.45, 2.75) is 13.8 Å². The van der Waals surface area contributed by atoms with Crippen LogP contribution in [-0.2, 0) is 0 Å². The molecule has 1 aliphatic rings. The lowest BCUT2D eigenvalue weighted by molar-refractivity contribution is -0.384. The van der Waals surface area contributed by atoms with Crippen LogP contribution >= 0.6 is 11.3 Å². The Morgan fingerprint density at radius 3 is 2.25 bits per heavy atom. The van der Waals surface area contributed by atoms with Gasteiger partial charge in [-0.2, -0.15) is 0 Å². The summed E-state index contributed by atoms with van der Waals surface area (Å²) in [5.74, 6) is 0.0968. The first kappa shape index (κ1) is 16.4. The number of nitrogens with zero attached hydrogens (tertiary/aromatic N) is 3. The molecule has 1 fully saturated rings. The lowest BCUT2D eigenvalue weighted by Gasteiger charge is -2.35. The quantitative estimate of drug-likeness (QED) is 0.633. The van der Waals surface area contributed by atoms with Gasteiger partial charge in [0.2, 0.25) is 0 Å². The average molecular weight is 345 g/mol. The molecular weight excluding hydrogens is 326 g/mol. The third-order valence-electron chi connectivity index (χ3n) is 4.37. The topological polar surface area (TPSA) is 66.7 Å². The molecule has 126 valence electrons. The normalized spacial score (nSPS) is 14.8. The number of aryl methyl sites for hydroxylation is 2. The van der Waals surface area contributed by atoms with Crippen LogP contribution < -0.4 is 4.90 Å². The highest BCUT2D eigenvalue weighted by Crippen LogP contribution is 2.24. The Morgan fingerprint density at radius 2 is 1.75 bits per heavy atom. The highest BCUT2D eigenvalue weighted by Gasteiger charge is 2.24. The minimum Gasteiger partial charge on any atom is -0.368 e. The lowest BCUT2D eigenvalue weighted by Crippen LogP contribution is -2.48. The number of amides is 1. The summed E-state index contributed by atoms with van der Waals surface area (Å²) >= 11 is 1.55. The summed E-state index contributed by atoms with van der Waals surface area (Å²) in [6, 6.07) is 8.53. The zero-order valence-corrected chi connectivity index (χ0v) is 14.5. The third-order valence-corrected chi connectivity index (χ3v) is 5.51. The molecule has 0 aliphatic carbocycles. The van der Waals surface area contributed by atoms with Crippen LogP contribution in [0.5, 0.6) is 0 Å². The van der Waals surface area contributed by atoms with Crippen molar-refractivity contribution >= 4 is 28.6 Å². The number of thiophene rings is 1. The summed E-state index contributed by atoms with van der Waals surface area (Å²) in [7, 11) is 0. The summed E-state index contributed by atoms with van der Waals surface area (Å²) in [6.07, 6.45) is 0. The van der Waals surface area contributed by atoms with E-state index in [9.17, 15) is 14.9 Å². The molecule has 6 nitrogen and oxygen atoms in total. The molecule has 1 amide bonds. The molecule has 1 aromatic heterocycles. The van der Waals surface area contributed by atoms with Crippen molar-refractivity contribution in [1.29, 1.82) is 0 Å². The largest absolute Gasteiger partial charge is 0.368 e. The lowest BCUT2D eigenvalue weighted by atomic mass is 10.2. The van der Waals surface area contributed by atoms with Crippen molar-refractivity contribution in [3.8, 4) is 0 Å². The van der Waals surface area contributed by atoms with Gasteiger partial charge in [-0.05, 0) is 37.6 Å². The van der Waals surface area contributed by atoms with Gasteiger partial charge in [-0.1, -0.05) is 0 Å². The summed E-state index contributed by atoms with van der Waals surface area (Å²) in [6.45, 7) is 6.83. The zero-order valence-electron chi connectivity index (χ0n) is 13.7. The summed E-state index contributed by atoms with van der Waals surface area (Å²) in [4.78, 5) is 28.9. The van der Waals surface area contributed by atoms with E-state index in [-0.39, 0.29) is 11.6 Å². The van der Waals surface area contributed by atoms with Gasteiger partial charge >= 0.3 is 0 Å². The molecule has 0 atom stereocenters. The maximum absolute atomic E-state index is 12.6. The summed E-state index contributed by atoms with van der Waals surface area (Å²) in [5.41, 5.74) is 2.21. The number of nitro benzene ring substituents is 1. The van der Waals surface area contributed by atoms with Gasteiger partial charge in [0.15, 0.2) is 0 Å². The average Bonchev–Trinajstić information content (AvgIpc) is 2.93. The van der Waals surface area contributed by atoms with Gasteiger partial charge in [-0.15, -0.1) is 11.3 Å². The molecule has 0 bridgehead atoms. The van der Waals surface area contributed by atoms with Crippen LogP contribution in [-0.4, -0.2) is 41.9 Å². The number of hydrogen-bond acceptors (Lipinski definition) is 5. The first-order valence-corrected chi connectivity index (χ1v) is 8.63. The second kappa shape index (κ2) is 6.60. The van der Waals surface area contributed by atoms with Gasteiger partial charge in [0.05, 0.1) is 9.80 Å². The van der Waals surface area contributed by atoms with E-state index in [1.54, 1.807) is 23.5 Å². The Hall–Kier alpha value is -2.41. The van der Waals surface area contributed by atoms with Crippen LogP contribution in [0.15, 0.2) is 30.3 Å². The molecule has 2 aromatic rings. The van der Waals surface area contributed by atoms with Crippen molar-refractivity contribution < 1.29 is 9.72 Å². The number of carbonyl (C=O) groups excluding carboxylic acids is 1. The van der Waals surface area contributed by atoms with Gasteiger partial charge in [-0.25, -0.2) is 0 Å². The molecule has 3 rings (SSSR count). The summed E-state index contributed by atoms with van der Waals surface area (Å²) in [5, 5.41) is 10.7. The Balaban J connectivity index is 1.63. The smallest absolute Gasteiger partial charge is 0.269 e. The number of anilines is 1. The van der Waals surface area contributed by atoms with Crippen molar-refractivity contribution in [3.63, 3.8) is 0 Å². The Morgan fingerprint density at radius 1 is 1.12 bits per heavy atom. The molecular formula is C17H19N3O3S. The van der Waals surface area contributed by atoms with Crippen LogP contribution in [0, 0.1) is 24.0 Å². The number of nitro groups is 1. The highest BCUT2D eigenvalue weighted by atomic mass is 32.1. The molecule has 0 radical (unpaired) electrons. The second-order valence-corrected chi connectivity index (χ2v) is 7.16. The Labute approximate surface area is 144 Å². The number of hydrogen-bond donors (Lipinski definition) is 0. The number of rotatable bonds is 3. The van der Waals surface area contributed by atoms with E-state index in [0.717, 1.165) is 29.2 Å². The zero-order chi connectivity index (χ0) is 17.3. The molecule has 0 saturated carbocycles. The van der Waals surface area contributed by atoms with Crippen LogP contribution in [0.1, 0.15) is 20.1 Å². The maximum Gasteiger partial charge on any atom is 0.269 e. The Kier molecular flexibility index (Phi) is 4.53. The van der Waals surface area contributed by atoms with E-state index in [2.05, 4.69) is 4.90 Å². The third kappa shape index (κ3) is 3.26. The van der Waals surface area contributed by atoms with Crippen LogP contribution in [0.25, 0.3) is 0 Å². The molecule has 0 spiro atoms. The van der Waals surface area contributed by atoms with E-state index < -0.39 is 4.92 Å². The second-order valence-electron chi connectivity index (χ2n) is 5.90. The maximum atomic E-state index is 12.6. The van der Waals surface area contributed by atoms with Crippen molar-refractivity contribution in [2.75, 3.05) is 31.1 Å². The molecule has 24 heavy (non-hydrogen) atoms. The first-order valence-electron chi connectivity index (χ1n) is 7.81. The summed E-state index contributed by atoms with van der Waals surface area (Å²) < 4.78 is 0. The fourth-order valence-electron chi connectivity index (χ4n) is 2.79. The van der Waals surface area contributed by atoms with Gasteiger partial charge in [0.1, 0.15) is 0 Å². The van der Waals surface area contributed by atoms with E-state index >= 15 is 0 Å². The van der Waals surface area contributed by atoms with Crippen molar-refractivity contribution in [1.82, 2.24) is 4.90 Å². The fourth-order valence-corrected chi connectivity index (χ4v) is 3.79. The molecule has 1 saturated heterocycles. The minimum atomic E-state index is -0.397. The molecule has 1 aliphatic heterocycles. The number of benzene rings is 1. The molecule has 2 heterocycles. The predicted molar refractivity (Wildman–Crippen MR) is 95.0 cm³/mol. The fraction of sp³-hybridized carbons (Fsp3) is 0.353. The van der Waals surface area contributed by atoms with Gasteiger partial charge < -0.3 is 9.80 Å². The van der Waals surface area contributed by atoms with E-state index in [0.29, 0.717) is 13.1 Å². The number of non-ortho nitro benzene ring substituents is 1. The van der Waals surface area contributed by atoms with E-state index in [4.69, 9.17) is 0 Å². The minimum absolute atomic E-state index is 0.0935. The standard InChI is InChI=1S/C17H19N3O3S/c1-12-11-16(24-13(12)2)17(21)19-9-7-18(8-10-19)14-3-5-15(6-4-14)20(22)23/h3-6,11H,7-10H2,1-2H3. The van der Waals surface area contributed by atoms with Crippen molar-refractivity contribution in [3.05, 3.63) is 55.8 Å². The van der Waals surface area contributed by atoms with Crippen LogP contribution in [0.2, 0.25) is 0 Å². The molecule has 7 heteroatoms. The SMILES string of the molecule is Cc1cc(C(=O)N2CCN(c3ccc([N+](=O)[O-])cc3)CC2)sc1C. The first-order chi connectivity index (χ1) is 11.5. The van der Waals surface area contributed by atoms with Gasteiger partial charge in [-0.3, -0.25) is 14.9 Å². The number of carbonyl (C=O) groups is 1. The van der Waals surface area contributed by atoms with Gasteiger partial charge in [0, 0.05) is 48.9 Å². The highest BCUT2D eigenvalue weighted by molar-refractivity contribution is 7.14. The molecule has 1 aromatic carbocycles.